The van der Waals surface area contributed by atoms with Crippen molar-refractivity contribution in [1.29, 1.82) is 0 Å². The molecule has 3 heteroatoms. The lowest BCUT2D eigenvalue weighted by Gasteiger charge is -2.23. The molecule has 0 fully saturated rings. The van der Waals surface area contributed by atoms with Gasteiger partial charge in [0, 0.05) is 5.56 Å². The molecule has 106 valence electrons. The molecule has 21 heavy (non-hydrogen) atoms. The maximum Gasteiger partial charge on any atom is 0.268 e. The first-order valence-corrected chi connectivity index (χ1v) is 6.89. The molecule has 1 N–H and O–H groups in total. The molecule has 0 bridgehead atoms. The molecule has 3 nitrogen and oxygen atoms in total. The topological polar surface area (TPSA) is 40.5 Å². The molecule has 0 aromatic heterocycles. The van der Waals surface area contributed by atoms with Gasteiger partial charge in [-0.25, -0.2) is 0 Å². The lowest BCUT2D eigenvalue weighted by molar-refractivity contribution is -0.132. The Morgan fingerprint density at radius 3 is 2.43 bits per heavy atom. The summed E-state index contributed by atoms with van der Waals surface area (Å²) < 4.78 is 0. The monoisotopic (exact) mass is 279 g/mol. The molecule has 0 spiro atoms. The van der Waals surface area contributed by atoms with Crippen molar-refractivity contribution in [2.45, 2.75) is 19.1 Å². The van der Waals surface area contributed by atoms with Crippen LogP contribution in [0.5, 0.6) is 0 Å². The van der Waals surface area contributed by atoms with Crippen LogP contribution in [-0.4, -0.2) is 11.0 Å². The van der Waals surface area contributed by atoms with Crippen LogP contribution >= 0.6 is 0 Å². The first-order valence-electron chi connectivity index (χ1n) is 6.89. The van der Waals surface area contributed by atoms with E-state index in [0.717, 1.165) is 11.3 Å². The van der Waals surface area contributed by atoms with Gasteiger partial charge in [0.1, 0.15) is 0 Å². The van der Waals surface area contributed by atoms with E-state index in [2.05, 4.69) is 6.58 Å². The molecular weight excluding hydrogens is 262 g/mol. The van der Waals surface area contributed by atoms with Gasteiger partial charge < -0.3 is 10.0 Å². The Morgan fingerprint density at radius 1 is 1.14 bits per heavy atom. The number of benzene rings is 2. The minimum absolute atomic E-state index is 0.333. The van der Waals surface area contributed by atoms with Gasteiger partial charge in [-0.2, -0.15) is 0 Å². The van der Waals surface area contributed by atoms with Crippen molar-refractivity contribution in [1.82, 2.24) is 0 Å². The zero-order valence-electron chi connectivity index (χ0n) is 11.9. The third-order valence-corrected chi connectivity index (χ3v) is 3.94. The van der Waals surface area contributed by atoms with Gasteiger partial charge in [-0.1, -0.05) is 55.1 Å². The SMILES string of the molecule is C=C(C)C1(O)C(=O)N(Cc2ccccc2)c2ccccc21. The van der Waals surface area contributed by atoms with Crippen LogP contribution < -0.4 is 4.90 Å². The number of hydrogen-bond donors (Lipinski definition) is 1. The molecule has 2 aromatic carbocycles. The molecule has 0 saturated heterocycles. The fourth-order valence-corrected chi connectivity index (χ4v) is 2.77. The Kier molecular flexibility index (Phi) is 3.15. The standard InChI is InChI=1S/C18H17NO2/c1-13(2)18(21)15-10-6-7-11-16(15)19(17(18)20)12-14-8-4-3-5-9-14/h3-11,21H,1,12H2,2H3. The van der Waals surface area contributed by atoms with E-state index in [-0.39, 0.29) is 5.91 Å². The van der Waals surface area contributed by atoms with E-state index in [0.29, 0.717) is 17.7 Å². The number of nitrogens with zero attached hydrogens (tertiary/aromatic N) is 1. The molecule has 1 amide bonds. The molecule has 1 aliphatic rings. The predicted molar refractivity (Wildman–Crippen MR) is 82.8 cm³/mol. The van der Waals surface area contributed by atoms with Gasteiger partial charge in [0.15, 0.2) is 5.60 Å². The Bertz CT molecular complexity index is 708. The van der Waals surface area contributed by atoms with Crippen LogP contribution in [0, 0.1) is 0 Å². The first-order chi connectivity index (χ1) is 10.0. The summed E-state index contributed by atoms with van der Waals surface area (Å²) in [5, 5.41) is 10.8. The number of para-hydroxylation sites is 1. The van der Waals surface area contributed by atoms with E-state index in [9.17, 15) is 9.90 Å². The van der Waals surface area contributed by atoms with Crippen molar-refractivity contribution in [3.8, 4) is 0 Å². The summed E-state index contributed by atoms with van der Waals surface area (Å²) in [7, 11) is 0. The summed E-state index contributed by atoms with van der Waals surface area (Å²) in [5.74, 6) is -0.333. The van der Waals surface area contributed by atoms with Crippen LogP contribution in [0.4, 0.5) is 5.69 Å². The Hall–Kier alpha value is -2.39. The largest absolute Gasteiger partial charge is 0.372 e. The summed E-state index contributed by atoms with van der Waals surface area (Å²) in [5.41, 5.74) is 1.20. The third-order valence-electron chi connectivity index (χ3n) is 3.94. The lowest BCUT2D eigenvalue weighted by atomic mass is 9.89. The van der Waals surface area contributed by atoms with Gasteiger partial charge in [-0.3, -0.25) is 4.79 Å². The highest BCUT2D eigenvalue weighted by molar-refractivity contribution is 6.08. The smallest absolute Gasteiger partial charge is 0.268 e. The Labute approximate surface area is 124 Å². The van der Waals surface area contributed by atoms with Crippen LogP contribution in [0.15, 0.2) is 66.7 Å². The summed E-state index contributed by atoms with van der Waals surface area (Å²) in [4.78, 5) is 14.4. The minimum Gasteiger partial charge on any atom is -0.372 e. The van der Waals surface area contributed by atoms with E-state index < -0.39 is 5.60 Å². The Morgan fingerprint density at radius 2 is 1.76 bits per heavy atom. The van der Waals surface area contributed by atoms with Crippen LogP contribution in [0.2, 0.25) is 0 Å². The van der Waals surface area contributed by atoms with Gasteiger partial charge in [-0.05, 0) is 24.1 Å². The molecule has 1 atom stereocenters. The summed E-state index contributed by atoms with van der Waals surface area (Å²) >= 11 is 0. The second-order valence-corrected chi connectivity index (χ2v) is 5.38. The van der Waals surface area contributed by atoms with Gasteiger partial charge in [0.05, 0.1) is 12.2 Å². The second kappa shape index (κ2) is 4.86. The van der Waals surface area contributed by atoms with Gasteiger partial charge in [0.2, 0.25) is 0 Å². The number of aliphatic hydroxyl groups is 1. The highest BCUT2D eigenvalue weighted by Gasteiger charge is 2.50. The molecule has 1 aliphatic heterocycles. The van der Waals surface area contributed by atoms with Crippen molar-refractivity contribution in [2.75, 3.05) is 4.90 Å². The summed E-state index contributed by atoms with van der Waals surface area (Å²) in [6, 6.07) is 17.1. The van der Waals surface area contributed by atoms with E-state index in [1.165, 1.54) is 0 Å². The van der Waals surface area contributed by atoms with E-state index in [1.54, 1.807) is 17.9 Å². The molecule has 1 heterocycles. The predicted octanol–water partition coefficient (Wildman–Crippen LogP) is 3.00. The van der Waals surface area contributed by atoms with Crippen LogP contribution in [0.1, 0.15) is 18.1 Å². The van der Waals surface area contributed by atoms with Gasteiger partial charge in [0.25, 0.3) is 5.91 Å². The van der Waals surface area contributed by atoms with Crippen LogP contribution in [0.3, 0.4) is 0 Å². The molecule has 3 rings (SSSR count). The fourth-order valence-electron chi connectivity index (χ4n) is 2.77. The molecule has 0 saturated carbocycles. The fraction of sp³-hybridized carbons (Fsp3) is 0.167. The average Bonchev–Trinajstić information content (AvgIpc) is 2.72. The van der Waals surface area contributed by atoms with Crippen molar-refractivity contribution in [3.63, 3.8) is 0 Å². The van der Waals surface area contributed by atoms with Crippen molar-refractivity contribution >= 4 is 11.6 Å². The summed E-state index contributed by atoms with van der Waals surface area (Å²) in [6.07, 6.45) is 0. The second-order valence-electron chi connectivity index (χ2n) is 5.38. The quantitative estimate of drug-likeness (QED) is 0.877. The van der Waals surface area contributed by atoms with E-state index >= 15 is 0 Å². The molecule has 0 radical (unpaired) electrons. The molecular formula is C18H17NO2. The highest BCUT2D eigenvalue weighted by Crippen LogP contribution is 2.44. The molecule has 0 aliphatic carbocycles. The zero-order chi connectivity index (χ0) is 15.0. The average molecular weight is 279 g/mol. The molecule has 1 unspecified atom stereocenters. The highest BCUT2D eigenvalue weighted by atomic mass is 16.3. The number of amides is 1. The number of hydrogen-bond acceptors (Lipinski definition) is 2. The molecule has 2 aromatic rings. The third kappa shape index (κ3) is 1.98. The summed E-state index contributed by atoms with van der Waals surface area (Å²) in [6.45, 7) is 5.92. The lowest BCUT2D eigenvalue weighted by Crippen LogP contribution is -2.40. The van der Waals surface area contributed by atoms with Crippen LogP contribution in [0.25, 0.3) is 0 Å². The number of rotatable bonds is 3. The zero-order valence-corrected chi connectivity index (χ0v) is 11.9. The minimum atomic E-state index is -1.62. The van der Waals surface area contributed by atoms with Crippen molar-refractivity contribution < 1.29 is 9.90 Å². The van der Waals surface area contributed by atoms with Crippen LogP contribution in [-0.2, 0) is 16.9 Å². The number of carbonyl (C=O) groups is 1. The van der Waals surface area contributed by atoms with Crippen molar-refractivity contribution in [2.24, 2.45) is 0 Å². The maximum absolute atomic E-state index is 12.7. The van der Waals surface area contributed by atoms with E-state index in [1.807, 2.05) is 48.5 Å². The van der Waals surface area contributed by atoms with Gasteiger partial charge in [-0.15, -0.1) is 0 Å². The maximum atomic E-state index is 12.7. The normalized spacial score (nSPS) is 20.5. The Balaban J connectivity index is 2.07. The van der Waals surface area contributed by atoms with E-state index in [4.69, 9.17) is 0 Å². The first kappa shape index (κ1) is 13.6. The number of fused-ring (bicyclic) bond motifs is 1. The number of anilines is 1. The number of carbonyl (C=O) groups excluding carboxylic acids is 1. The van der Waals surface area contributed by atoms with Crippen molar-refractivity contribution in [3.05, 3.63) is 77.9 Å². The van der Waals surface area contributed by atoms with Gasteiger partial charge >= 0.3 is 0 Å².